The molecule has 3 aromatic rings. The second kappa shape index (κ2) is 11.2. The molecule has 2 aromatic carbocycles. The van der Waals surface area contributed by atoms with Gasteiger partial charge >= 0.3 is 0 Å². The Balaban J connectivity index is 2.01. The van der Waals surface area contributed by atoms with Crippen molar-refractivity contribution in [1.82, 2.24) is 14.7 Å². The summed E-state index contributed by atoms with van der Waals surface area (Å²) < 4.78 is 13.5. The summed E-state index contributed by atoms with van der Waals surface area (Å²) in [6, 6.07) is 17.7. The molecule has 1 heterocycles. The van der Waals surface area contributed by atoms with Crippen molar-refractivity contribution in [3.8, 4) is 28.6 Å². The molecule has 0 aliphatic heterocycles. The van der Waals surface area contributed by atoms with Gasteiger partial charge < -0.3 is 14.6 Å². The van der Waals surface area contributed by atoms with Crippen molar-refractivity contribution in [3.63, 3.8) is 0 Å². The van der Waals surface area contributed by atoms with E-state index in [1.54, 1.807) is 11.8 Å². The van der Waals surface area contributed by atoms with Crippen molar-refractivity contribution in [2.75, 3.05) is 20.2 Å². The standard InChI is InChI=1S/C26H35N3O3/c1-6-15-29(18-24(30)19(2)3)17-23-25(20-11-8-7-9-12-20)27-28(4)26(23)32-22-14-10-13-21(16-22)31-5/h7-14,16,19,24,30H,6,15,17-18H2,1-5H3/t24-/m1/s1. The highest BCUT2D eigenvalue weighted by Crippen LogP contribution is 2.35. The molecule has 0 amide bonds. The third kappa shape index (κ3) is 5.90. The van der Waals surface area contributed by atoms with Crippen LogP contribution in [0.25, 0.3) is 11.3 Å². The van der Waals surface area contributed by atoms with Crippen molar-refractivity contribution in [2.24, 2.45) is 13.0 Å². The first kappa shape index (κ1) is 23.8. The van der Waals surface area contributed by atoms with E-state index >= 15 is 0 Å². The van der Waals surface area contributed by atoms with Crippen LogP contribution in [-0.4, -0.2) is 46.1 Å². The third-order valence-electron chi connectivity index (χ3n) is 5.53. The van der Waals surface area contributed by atoms with Gasteiger partial charge in [0.15, 0.2) is 0 Å². The number of aliphatic hydroxyl groups is 1. The largest absolute Gasteiger partial charge is 0.497 e. The molecule has 0 unspecified atom stereocenters. The minimum absolute atomic E-state index is 0.198. The van der Waals surface area contributed by atoms with Crippen LogP contribution in [0.1, 0.15) is 32.8 Å². The number of benzene rings is 2. The zero-order chi connectivity index (χ0) is 23.1. The van der Waals surface area contributed by atoms with E-state index in [0.29, 0.717) is 24.7 Å². The third-order valence-corrected chi connectivity index (χ3v) is 5.53. The molecule has 0 saturated heterocycles. The van der Waals surface area contributed by atoms with Crippen LogP contribution < -0.4 is 9.47 Å². The van der Waals surface area contributed by atoms with Gasteiger partial charge in [0.2, 0.25) is 5.88 Å². The highest BCUT2D eigenvalue weighted by atomic mass is 16.5. The van der Waals surface area contributed by atoms with Crippen LogP contribution in [0.3, 0.4) is 0 Å². The summed E-state index contributed by atoms with van der Waals surface area (Å²) in [5, 5.41) is 15.4. The monoisotopic (exact) mass is 437 g/mol. The Morgan fingerprint density at radius 1 is 1.06 bits per heavy atom. The van der Waals surface area contributed by atoms with E-state index in [9.17, 15) is 5.11 Å². The van der Waals surface area contributed by atoms with E-state index in [4.69, 9.17) is 14.6 Å². The number of hydrogen-bond acceptors (Lipinski definition) is 5. The van der Waals surface area contributed by atoms with Gasteiger partial charge in [-0.05, 0) is 31.0 Å². The molecule has 0 aliphatic rings. The minimum Gasteiger partial charge on any atom is -0.497 e. The van der Waals surface area contributed by atoms with Gasteiger partial charge in [0, 0.05) is 31.8 Å². The Bertz CT molecular complexity index is 985. The summed E-state index contributed by atoms with van der Waals surface area (Å²) >= 11 is 0. The number of methoxy groups -OCH3 is 1. The number of aliphatic hydroxyl groups excluding tert-OH is 1. The predicted molar refractivity (Wildman–Crippen MR) is 128 cm³/mol. The minimum atomic E-state index is -0.388. The van der Waals surface area contributed by atoms with Crippen LogP contribution in [0.4, 0.5) is 0 Å². The second-order valence-electron chi connectivity index (χ2n) is 8.45. The average Bonchev–Trinajstić information content (AvgIpc) is 3.09. The Hall–Kier alpha value is -2.83. The summed E-state index contributed by atoms with van der Waals surface area (Å²) in [6.07, 6.45) is 0.610. The lowest BCUT2D eigenvalue weighted by atomic mass is 10.0. The van der Waals surface area contributed by atoms with E-state index in [1.165, 1.54) is 0 Å². The number of aryl methyl sites for hydroxylation is 1. The first-order valence-corrected chi connectivity index (χ1v) is 11.3. The van der Waals surface area contributed by atoms with Gasteiger partial charge in [-0.25, -0.2) is 4.68 Å². The van der Waals surface area contributed by atoms with Crippen LogP contribution >= 0.6 is 0 Å². The molecule has 1 atom stereocenters. The van der Waals surface area contributed by atoms with Crippen molar-refractivity contribution in [2.45, 2.75) is 39.8 Å². The molecule has 0 bridgehead atoms. The Labute approximate surface area is 191 Å². The van der Waals surface area contributed by atoms with Gasteiger partial charge in [-0.15, -0.1) is 0 Å². The fourth-order valence-electron chi connectivity index (χ4n) is 3.68. The maximum absolute atomic E-state index is 10.5. The Morgan fingerprint density at radius 2 is 1.78 bits per heavy atom. The van der Waals surface area contributed by atoms with Crippen LogP contribution in [0.2, 0.25) is 0 Å². The molecule has 0 radical (unpaired) electrons. The van der Waals surface area contributed by atoms with Crippen LogP contribution in [0.15, 0.2) is 54.6 Å². The summed E-state index contributed by atoms with van der Waals surface area (Å²) in [5.41, 5.74) is 2.94. The van der Waals surface area contributed by atoms with Crippen LogP contribution in [0, 0.1) is 5.92 Å². The lowest BCUT2D eigenvalue weighted by Gasteiger charge is -2.26. The first-order chi connectivity index (χ1) is 15.4. The number of aromatic nitrogens is 2. The van der Waals surface area contributed by atoms with Crippen molar-refractivity contribution in [1.29, 1.82) is 0 Å². The van der Waals surface area contributed by atoms with Crippen molar-refractivity contribution < 1.29 is 14.6 Å². The molecule has 1 N–H and O–H groups in total. The molecule has 6 heteroatoms. The predicted octanol–water partition coefficient (Wildman–Crippen LogP) is 5.12. The van der Waals surface area contributed by atoms with Gasteiger partial charge in [0.05, 0.1) is 18.8 Å². The molecular weight excluding hydrogens is 402 g/mol. The van der Waals surface area contributed by atoms with E-state index in [-0.39, 0.29) is 12.0 Å². The first-order valence-electron chi connectivity index (χ1n) is 11.3. The molecule has 0 spiro atoms. The molecule has 3 rings (SSSR count). The number of hydrogen-bond donors (Lipinski definition) is 1. The smallest absolute Gasteiger partial charge is 0.222 e. The van der Waals surface area contributed by atoms with E-state index in [0.717, 1.165) is 35.5 Å². The van der Waals surface area contributed by atoms with E-state index < -0.39 is 0 Å². The summed E-state index contributed by atoms with van der Waals surface area (Å²) in [5.74, 6) is 2.32. The highest BCUT2D eigenvalue weighted by molar-refractivity contribution is 5.65. The zero-order valence-corrected chi connectivity index (χ0v) is 19.8. The van der Waals surface area contributed by atoms with Crippen molar-refractivity contribution in [3.05, 3.63) is 60.2 Å². The number of rotatable bonds is 11. The van der Waals surface area contributed by atoms with Gasteiger partial charge in [-0.1, -0.05) is 57.2 Å². The number of ether oxygens (including phenoxy) is 2. The zero-order valence-electron chi connectivity index (χ0n) is 19.8. The van der Waals surface area contributed by atoms with Crippen molar-refractivity contribution >= 4 is 0 Å². The highest BCUT2D eigenvalue weighted by Gasteiger charge is 2.23. The molecule has 6 nitrogen and oxygen atoms in total. The molecular formula is C26H35N3O3. The van der Waals surface area contributed by atoms with E-state index in [1.807, 2.05) is 63.4 Å². The van der Waals surface area contributed by atoms with E-state index in [2.05, 4.69) is 24.0 Å². The maximum atomic E-state index is 10.5. The molecule has 32 heavy (non-hydrogen) atoms. The molecule has 172 valence electrons. The van der Waals surface area contributed by atoms with Gasteiger partial charge in [-0.3, -0.25) is 4.90 Å². The summed E-state index contributed by atoms with van der Waals surface area (Å²) in [7, 11) is 3.54. The lowest BCUT2D eigenvalue weighted by Crippen LogP contribution is -2.35. The average molecular weight is 438 g/mol. The fraction of sp³-hybridized carbons (Fsp3) is 0.423. The van der Waals surface area contributed by atoms with Gasteiger partial charge in [-0.2, -0.15) is 5.10 Å². The molecule has 0 fully saturated rings. The Kier molecular flexibility index (Phi) is 8.31. The van der Waals surface area contributed by atoms with Gasteiger partial charge in [0.1, 0.15) is 17.2 Å². The molecule has 0 saturated carbocycles. The summed E-state index contributed by atoms with van der Waals surface area (Å²) in [6.45, 7) is 8.37. The molecule has 0 aliphatic carbocycles. The fourth-order valence-corrected chi connectivity index (χ4v) is 3.68. The maximum Gasteiger partial charge on any atom is 0.222 e. The lowest BCUT2D eigenvalue weighted by molar-refractivity contribution is 0.0729. The second-order valence-corrected chi connectivity index (χ2v) is 8.45. The summed E-state index contributed by atoms with van der Waals surface area (Å²) in [4.78, 5) is 2.28. The normalized spacial score (nSPS) is 12.4. The topological polar surface area (TPSA) is 59.8 Å². The van der Waals surface area contributed by atoms with Crippen LogP contribution in [0.5, 0.6) is 17.4 Å². The molecule has 1 aromatic heterocycles. The van der Waals surface area contributed by atoms with Crippen LogP contribution in [-0.2, 0) is 13.6 Å². The SMILES string of the molecule is CCCN(Cc1c(-c2ccccc2)nn(C)c1Oc1cccc(OC)c1)C[C@@H](O)C(C)C. The Morgan fingerprint density at radius 3 is 2.44 bits per heavy atom. The number of nitrogens with zero attached hydrogens (tertiary/aromatic N) is 3. The quantitative estimate of drug-likeness (QED) is 0.451. The van der Waals surface area contributed by atoms with Gasteiger partial charge in [0.25, 0.3) is 0 Å².